The Labute approximate surface area is 99.0 Å². The summed E-state index contributed by atoms with van der Waals surface area (Å²) >= 11 is 0. The van der Waals surface area contributed by atoms with Crippen LogP contribution in [0.3, 0.4) is 0 Å². The molecule has 0 unspecified atom stereocenters. The molecular formula is C14H12N2O. The van der Waals surface area contributed by atoms with Crippen LogP contribution in [-0.2, 0) is 0 Å². The van der Waals surface area contributed by atoms with Gasteiger partial charge < -0.3 is 9.51 Å². The van der Waals surface area contributed by atoms with Crippen molar-refractivity contribution in [2.24, 2.45) is 0 Å². The quantitative estimate of drug-likeness (QED) is 0.690. The topological polar surface area (TPSA) is 37.5 Å². The normalized spacial score (nSPS) is 10.9. The molecule has 0 atom stereocenters. The van der Waals surface area contributed by atoms with Crippen molar-refractivity contribution in [1.82, 2.24) is 9.38 Å². The SMILES string of the molecule is Cc1cc(-c2cn3ccccc3n2)ccc1O. The molecule has 2 heterocycles. The minimum Gasteiger partial charge on any atom is -0.508 e. The van der Waals surface area contributed by atoms with E-state index in [2.05, 4.69) is 4.98 Å². The molecule has 1 aromatic carbocycles. The molecule has 84 valence electrons. The molecule has 0 fully saturated rings. The number of phenolic OH excluding ortho intramolecular Hbond substituents is 1. The van der Waals surface area contributed by atoms with Gasteiger partial charge in [0.05, 0.1) is 5.69 Å². The van der Waals surface area contributed by atoms with Gasteiger partial charge in [0, 0.05) is 18.0 Å². The number of benzene rings is 1. The van der Waals surface area contributed by atoms with Crippen LogP contribution in [-0.4, -0.2) is 14.5 Å². The molecule has 0 aliphatic heterocycles. The first-order valence-corrected chi connectivity index (χ1v) is 5.48. The smallest absolute Gasteiger partial charge is 0.137 e. The molecule has 0 amide bonds. The first kappa shape index (κ1) is 9.90. The summed E-state index contributed by atoms with van der Waals surface area (Å²) in [5.74, 6) is 0.317. The second-order valence-corrected chi connectivity index (χ2v) is 4.09. The Morgan fingerprint density at radius 1 is 1.18 bits per heavy atom. The summed E-state index contributed by atoms with van der Waals surface area (Å²) in [7, 11) is 0. The van der Waals surface area contributed by atoms with E-state index in [-0.39, 0.29) is 0 Å². The van der Waals surface area contributed by atoms with Crippen LogP contribution in [0.2, 0.25) is 0 Å². The first-order chi connectivity index (χ1) is 8.24. The minimum atomic E-state index is 0.317. The zero-order valence-electron chi connectivity index (χ0n) is 9.46. The lowest BCUT2D eigenvalue weighted by molar-refractivity contribution is 0.471. The fourth-order valence-corrected chi connectivity index (χ4v) is 1.89. The Hall–Kier alpha value is -2.29. The van der Waals surface area contributed by atoms with E-state index in [1.165, 1.54) is 0 Å². The highest BCUT2D eigenvalue weighted by molar-refractivity contribution is 5.64. The monoisotopic (exact) mass is 224 g/mol. The number of imidazole rings is 1. The van der Waals surface area contributed by atoms with Gasteiger partial charge in [0.15, 0.2) is 0 Å². The largest absolute Gasteiger partial charge is 0.508 e. The third-order valence-electron chi connectivity index (χ3n) is 2.86. The molecule has 17 heavy (non-hydrogen) atoms. The third-order valence-corrected chi connectivity index (χ3v) is 2.86. The number of aromatic hydroxyl groups is 1. The summed E-state index contributed by atoms with van der Waals surface area (Å²) in [6.07, 6.45) is 3.96. The van der Waals surface area contributed by atoms with Gasteiger partial charge in [0.25, 0.3) is 0 Å². The number of hydrogen-bond acceptors (Lipinski definition) is 2. The molecule has 1 N–H and O–H groups in total. The van der Waals surface area contributed by atoms with Crippen molar-refractivity contribution < 1.29 is 5.11 Å². The number of aromatic nitrogens is 2. The van der Waals surface area contributed by atoms with Crippen molar-refractivity contribution in [1.29, 1.82) is 0 Å². The number of aryl methyl sites for hydroxylation is 1. The zero-order valence-corrected chi connectivity index (χ0v) is 9.46. The molecule has 0 bridgehead atoms. The lowest BCUT2D eigenvalue weighted by Crippen LogP contribution is -1.80. The fraction of sp³-hybridized carbons (Fsp3) is 0.0714. The van der Waals surface area contributed by atoms with Crippen LogP contribution in [0.5, 0.6) is 5.75 Å². The minimum absolute atomic E-state index is 0.317. The van der Waals surface area contributed by atoms with Gasteiger partial charge in [0.1, 0.15) is 11.4 Å². The Morgan fingerprint density at radius 3 is 2.82 bits per heavy atom. The summed E-state index contributed by atoms with van der Waals surface area (Å²) in [6, 6.07) is 11.4. The summed E-state index contributed by atoms with van der Waals surface area (Å²) in [6.45, 7) is 1.88. The van der Waals surface area contributed by atoms with E-state index >= 15 is 0 Å². The predicted molar refractivity (Wildman–Crippen MR) is 67.0 cm³/mol. The number of hydrogen-bond donors (Lipinski definition) is 1. The van der Waals surface area contributed by atoms with Crippen molar-refractivity contribution in [3.63, 3.8) is 0 Å². The number of pyridine rings is 1. The van der Waals surface area contributed by atoms with E-state index in [0.29, 0.717) is 5.75 Å². The number of fused-ring (bicyclic) bond motifs is 1. The molecule has 3 aromatic rings. The van der Waals surface area contributed by atoms with Crippen LogP contribution in [0.25, 0.3) is 16.9 Å². The van der Waals surface area contributed by atoms with E-state index in [9.17, 15) is 5.11 Å². The van der Waals surface area contributed by atoms with Gasteiger partial charge in [-0.15, -0.1) is 0 Å². The van der Waals surface area contributed by atoms with Crippen LogP contribution in [0.4, 0.5) is 0 Å². The number of phenols is 1. The van der Waals surface area contributed by atoms with Gasteiger partial charge in [-0.25, -0.2) is 4.98 Å². The lowest BCUT2D eigenvalue weighted by atomic mass is 10.1. The molecule has 0 aliphatic carbocycles. The highest BCUT2D eigenvalue weighted by Gasteiger charge is 2.05. The van der Waals surface area contributed by atoms with Gasteiger partial charge in [-0.05, 0) is 42.8 Å². The van der Waals surface area contributed by atoms with Gasteiger partial charge >= 0.3 is 0 Å². The van der Waals surface area contributed by atoms with Gasteiger partial charge in [-0.2, -0.15) is 0 Å². The molecule has 0 saturated heterocycles. The molecular weight excluding hydrogens is 212 g/mol. The fourth-order valence-electron chi connectivity index (χ4n) is 1.89. The third kappa shape index (κ3) is 1.65. The molecule has 2 aromatic heterocycles. The van der Waals surface area contributed by atoms with Crippen molar-refractivity contribution in [2.45, 2.75) is 6.92 Å². The molecule has 3 nitrogen and oxygen atoms in total. The lowest BCUT2D eigenvalue weighted by Gasteiger charge is -2.00. The van der Waals surface area contributed by atoms with E-state index in [4.69, 9.17) is 0 Å². The Kier molecular flexibility index (Phi) is 2.11. The Bertz CT molecular complexity index is 653. The molecule has 0 aliphatic rings. The van der Waals surface area contributed by atoms with E-state index in [0.717, 1.165) is 22.5 Å². The van der Waals surface area contributed by atoms with Gasteiger partial charge in [-0.1, -0.05) is 6.07 Å². The maximum absolute atomic E-state index is 9.50. The maximum atomic E-state index is 9.50. The average Bonchev–Trinajstić information content (AvgIpc) is 2.76. The summed E-state index contributed by atoms with van der Waals surface area (Å²) in [4.78, 5) is 4.54. The van der Waals surface area contributed by atoms with E-state index < -0.39 is 0 Å². The zero-order chi connectivity index (χ0) is 11.8. The van der Waals surface area contributed by atoms with Crippen molar-refractivity contribution in [3.05, 3.63) is 54.4 Å². The van der Waals surface area contributed by atoms with Gasteiger partial charge in [0.2, 0.25) is 0 Å². The Morgan fingerprint density at radius 2 is 2.06 bits per heavy atom. The summed E-state index contributed by atoms with van der Waals surface area (Å²) in [5, 5.41) is 9.50. The Balaban J connectivity index is 2.17. The maximum Gasteiger partial charge on any atom is 0.137 e. The van der Waals surface area contributed by atoms with Crippen molar-refractivity contribution in [2.75, 3.05) is 0 Å². The van der Waals surface area contributed by atoms with Crippen LogP contribution >= 0.6 is 0 Å². The van der Waals surface area contributed by atoms with Crippen molar-refractivity contribution in [3.8, 4) is 17.0 Å². The van der Waals surface area contributed by atoms with Gasteiger partial charge in [-0.3, -0.25) is 0 Å². The van der Waals surface area contributed by atoms with Crippen LogP contribution in [0.1, 0.15) is 5.56 Å². The molecule has 0 saturated carbocycles. The average molecular weight is 224 g/mol. The van der Waals surface area contributed by atoms with Crippen LogP contribution < -0.4 is 0 Å². The number of rotatable bonds is 1. The summed E-state index contributed by atoms with van der Waals surface area (Å²) in [5.41, 5.74) is 3.72. The van der Waals surface area contributed by atoms with Crippen molar-refractivity contribution >= 4 is 5.65 Å². The first-order valence-electron chi connectivity index (χ1n) is 5.48. The molecule has 3 heteroatoms. The van der Waals surface area contributed by atoms with Crippen LogP contribution in [0.15, 0.2) is 48.8 Å². The standard InChI is InChI=1S/C14H12N2O/c1-10-8-11(5-6-13(10)17)12-9-16-7-3-2-4-14(16)15-12/h2-9,17H,1H3. The van der Waals surface area contributed by atoms with E-state index in [1.54, 1.807) is 6.07 Å². The second-order valence-electron chi connectivity index (χ2n) is 4.09. The highest BCUT2D eigenvalue weighted by atomic mass is 16.3. The number of nitrogens with zero attached hydrogens (tertiary/aromatic N) is 2. The molecule has 3 rings (SSSR count). The molecule has 0 spiro atoms. The van der Waals surface area contributed by atoms with Crippen LogP contribution in [0, 0.1) is 6.92 Å². The highest BCUT2D eigenvalue weighted by Crippen LogP contribution is 2.24. The molecule has 0 radical (unpaired) electrons. The predicted octanol–water partition coefficient (Wildman–Crippen LogP) is 3.02. The second kappa shape index (κ2) is 3.63. The summed E-state index contributed by atoms with van der Waals surface area (Å²) < 4.78 is 1.98. The van der Waals surface area contributed by atoms with E-state index in [1.807, 2.05) is 54.0 Å².